The molecule has 2 saturated carbocycles. The van der Waals surface area contributed by atoms with Crippen LogP contribution in [0.2, 0.25) is 0 Å². The molecule has 164 valence electrons. The summed E-state index contributed by atoms with van der Waals surface area (Å²) in [5.41, 5.74) is 1.21. The third-order valence-corrected chi connectivity index (χ3v) is 7.98. The molecule has 1 aromatic carbocycles. The molecular weight excluding hydrogens is 362 g/mol. The molecule has 0 nitrogen and oxygen atoms in total. The lowest BCUT2D eigenvalue weighted by atomic mass is 9.68. The van der Waals surface area contributed by atoms with Crippen molar-refractivity contribution >= 4 is 0 Å². The number of hydrogen-bond acceptors (Lipinski definition) is 0. The Balaban J connectivity index is 1.50. The van der Waals surface area contributed by atoms with Crippen LogP contribution in [0.15, 0.2) is 12.1 Å². The Morgan fingerprint density at radius 1 is 0.724 bits per heavy atom. The lowest BCUT2D eigenvalue weighted by Crippen LogP contribution is -2.25. The number of rotatable bonds is 9. The molecule has 0 amide bonds. The average molecular weight is 405 g/mol. The van der Waals surface area contributed by atoms with Crippen molar-refractivity contribution in [1.82, 2.24) is 0 Å². The summed E-state index contributed by atoms with van der Waals surface area (Å²) in [6.45, 7) is 4.42. The van der Waals surface area contributed by atoms with Crippen LogP contribution >= 0.6 is 0 Å². The van der Waals surface area contributed by atoms with Crippen molar-refractivity contribution in [3.8, 4) is 0 Å². The van der Waals surface area contributed by atoms with E-state index < -0.39 is 11.6 Å². The maximum absolute atomic E-state index is 14.8. The first-order valence-electron chi connectivity index (χ1n) is 12.6. The monoisotopic (exact) mass is 404 g/mol. The van der Waals surface area contributed by atoms with Gasteiger partial charge in [-0.05, 0) is 86.2 Å². The molecular formula is C27H42F2. The molecule has 0 aromatic heterocycles. The van der Waals surface area contributed by atoms with E-state index in [0.29, 0.717) is 17.5 Å². The molecule has 0 unspecified atom stereocenters. The molecule has 0 aliphatic heterocycles. The largest absolute Gasteiger partial charge is 0.203 e. The number of benzene rings is 1. The van der Waals surface area contributed by atoms with Crippen LogP contribution in [0.3, 0.4) is 0 Å². The van der Waals surface area contributed by atoms with E-state index in [1.807, 2.05) is 12.1 Å². The summed E-state index contributed by atoms with van der Waals surface area (Å²) in [6.07, 6.45) is 18.0. The van der Waals surface area contributed by atoms with Crippen LogP contribution in [0.4, 0.5) is 8.78 Å². The first-order chi connectivity index (χ1) is 14.1. The Bertz CT molecular complexity index is 607. The molecule has 2 fully saturated rings. The fraction of sp³-hybridized carbons (Fsp3) is 0.778. The van der Waals surface area contributed by atoms with Gasteiger partial charge in [-0.3, -0.25) is 0 Å². The molecule has 0 radical (unpaired) electrons. The molecule has 0 N–H and O–H groups in total. The van der Waals surface area contributed by atoms with Crippen LogP contribution in [0.5, 0.6) is 0 Å². The third-order valence-electron chi connectivity index (χ3n) is 7.98. The minimum Gasteiger partial charge on any atom is -0.203 e. The van der Waals surface area contributed by atoms with Crippen molar-refractivity contribution in [2.45, 2.75) is 116 Å². The van der Waals surface area contributed by atoms with Crippen molar-refractivity contribution < 1.29 is 8.78 Å². The van der Waals surface area contributed by atoms with E-state index in [1.54, 1.807) is 0 Å². The standard InChI is InChI=1S/C27H42F2/c1-3-5-7-9-24-18-19-25(27(29)26(24)28)23-16-14-22(15-17-23)21-12-10-20(11-13-21)8-6-4-2/h18-23H,3-17H2,1-2H3. The van der Waals surface area contributed by atoms with Gasteiger partial charge in [-0.1, -0.05) is 70.9 Å². The molecule has 0 atom stereocenters. The van der Waals surface area contributed by atoms with Gasteiger partial charge in [-0.25, -0.2) is 8.78 Å². The smallest absolute Gasteiger partial charge is 0.162 e. The van der Waals surface area contributed by atoms with Crippen LogP contribution in [0.1, 0.15) is 121 Å². The molecule has 0 heterocycles. The predicted molar refractivity (Wildman–Crippen MR) is 119 cm³/mol. The summed E-state index contributed by atoms with van der Waals surface area (Å²) in [5.74, 6) is 1.75. The Labute approximate surface area is 177 Å². The van der Waals surface area contributed by atoms with Crippen LogP contribution in [-0.2, 0) is 6.42 Å². The van der Waals surface area contributed by atoms with Crippen molar-refractivity contribution in [3.63, 3.8) is 0 Å². The average Bonchev–Trinajstić information content (AvgIpc) is 2.76. The first kappa shape index (κ1) is 22.8. The number of halogens is 2. The van der Waals surface area contributed by atoms with E-state index in [0.717, 1.165) is 49.9 Å². The normalized spacial score (nSPS) is 27.9. The number of hydrogen-bond donors (Lipinski definition) is 0. The van der Waals surface area contributed by atoms with Crippen molar-refractivity contribution in [3.05, 3.63) is 34.9 Å². The highest BCUT2D eigenvalue weighted by atomic mass is 19.2. The quantitative estimate of drug-likeness (QED) is 0.360. The molecule has 0 bridgehead atoms. The first-order valence-corrected chi connectivity index (χ1v) is 12.6. The van der Waals surface area contributed by atoms with Gasteiger partial charge in [0.1, 0.15) is 0 Å². The lowest BCUT2D eigenvalue weighted by molar-refractivity contribution is 0.155. The Hall–Kier alpha value is -0.920. The van der Waals surface area contributed by atoms with Crippen LogP contribution in [-0.4, -0.2) is 0 Å². The van der Waals surface area contributed by atoms with Gasteiger partial charge in [0.05, 0.1) is 0 Å². The van der Waals surface area contributed by atoms with Gasteiger partial charge < -0.3 is 0 Å². The van der Waals surface area contributed by atoms with Gasteiger partial charge in [0.25, 0.3) is 0 Å². The molecule has 2 heteroatoms. The van der Waals surface area contributed by atoms with E-state index in [4.69, 9.17) is 0 Å². The molecule has 0 spiro atoms. The highest BCUT2D eigenvalue weighted by Crippen LogP contribution is 2.45. The maximum atomic E-state index is 14.8. The van der Waals surface area contributed by atoms with Gasteiger partial charge in [0.2, 0.25) is 0 Å². The summed E-state index contributed by atoms with van der Waals surface area (Å²) in [7, 11) is 0. The molecule has 0 saturated heterocycles. The van der Waals surface area contributed by atoms with Crippen molar-refractivity contribution in [2.75, 3.05) is 0 Å². The molecule has 1 aromatic rings. The zero-order valence-corrected chi connectivity index (χ0v) is 18.8. The van der Waals surface area contributed by atoms with Gasteiger partial charge in [0, 0.05) is 0 Å². The lowest BCUT2D eigenvalue weighted by Gasteiger charge is -2.38. The van der Waals surface area contributed by atoms with E-state index in [2.05, 4.69) is 13.8 Å². The minimum absolute atomic E-state index is 0.214. The van der Waals surface area contributed by atoms with E-state index in [9.17, 15) is 8.78 Å². The SMILES string of the molecule is CCCCCc1ccc(C2CCC(C3CCC(CCCC)CC3)CC2)c(F)c1F. The fourth-order valence-electron chi connectivity index (χ4n) is 6.02. The molecule has 2 aliphatic rings. The van der Waals surface area contributed by atoms with Gasteiger partial charge >= 0.3 is 0 Å². The number of aryl methyl sites for hydroxylation is 1. The second kappa shape index (κ2) is 11.5. The maximum Gasteiger partial charge on any atom is 0.162 e. The number of unbranched alkanes of at least 4 members (excludes halogenated alkanes) is 3. The van der Waals surface area contributed by atoms with E-state index in [-0.39, 0.29) is 5.92 Å². The van der Waals surface area contributed by atoms with Crippen LogP contribution in [0.25, 0.3) is 0 Å². The van der Waals surface area contributed by atoms with Gasteiger partial charge in [0.15, 0.2) is 11.6 Å². The summed E-state index contributed by atoms with van der Waals surface area (Å²) >= 11 is 0. The summed E-state index contributed by atoms with van der Waals surface area (Å²) in [6, 6.07) is 3.75. The second-order valence-corrected chi connectivity index (χ2v) is 9.93. The minimum atomic E-state index is -0.578. The highest BCUT2D eigenvalue weighted by molar-refractivity contribution is 5.29. The van der Waals surface area contributed by atoms with E-state index in [1.165, 1.54) is 57.8 Å². The third kappa shape index (κ3) is 6.05. The van der Waals surface area contributed by atoms with Gasteiger partial charge in [-0.2, -0.15) is 0 Å². The molecule has 3 rings (SSSR count). The fourth-order valence-corrected chi connectivity index (χ4v) is 6.02. The summed E-state index contributed by atoms with van der Waals surface area (Å²) in [4.78, 5) is 0. The van der Waals surface area contributed by atoms with E-state index >= 15 is 0 Å². The summed E-state index contributed by atoms with van der Waals surface area (Å²) < 4.78 is 29.3. The zero-order chi connectivity index (χ0) is 20.6. The van der Waals surface area contributed by atoms with Crippen molar-refractivity contribution in [2.24, 2.45) is 17.8 Å². The second-order valence-electron chi connectivity index (χ2n) is 9.93. The predicted octanol–water partition coefficient (Wildman–Crippen LogP) is 8.97. The zero-order valence-electron chi connectivity index (χ0n) is 18.8. The summed E-state index contributed by atoms with van der Waals surface area (Å²) in [5, 5.41) is 0. The van der Waals surface area contributed by atoms with Gasteiger partial charge in [-0.15, -0.1) is 0 Å². The van der Waals surface area contributed by atoms with Crippen molar-refractivity contribution in [1.29, 1.82) is 0 Å². The highest BCUT2D eigenvalue weighted by Gasteiger charge is 2.32. The topological polar surface area (TPSA) is 0 Å². The van der Waals surface area contributed by atoms with Crippen LogP contribution in [0, 0.1) is 29.4 Å². The molecule has 2 aliphatic carbocycles. The van der Waals surface area contributed by atoms with Crippen LogP contribution < -0.4 is 0 Å². The Morgan fingerprint density at radius 2 is 1.34 bits per heavy atom. The Morgan fingerprint density at radius 3 is 1.97 bits per heavy atom. The molecule has 29 heavy (non-hydrogen) atoms. The Kier molecular flexibility index (Phi) is 9.00.